The van der Waals surface area contributed by atoms with E-state index in [4.69, 9.17) is 5.84 Å². The van der Waals surface area contributed by atoms with Crippen LogP contribution in [0.25, 0.3) is 0 Å². The number of hydrazine groups is 1. The summed E-state index contributed by atoms with van der Waals surface area (Å²) in [5.41, 5.74) is 2.32. The lowest BCUT2D eigenvalue weighted by molar-refractivity contribution is 0.484. The summed E-state index contributed by atoms with van der Waals surface area (Å²) in [6.07, 6.45) is 0.819. The minimum absolute atomic E-state index is 0.795. The highest BCUT2D eigenvalue weighted by Gasteiger charge is 2.14. The van der Waals surface area contributed by atoms with Crippen molar-refractivity contribution in [3.8, 4) is 0 Å². The Morgan fingerprint density at radius 3 is 2.57 bits per heavy atom. The van der Waals surface area contributed by atoms with E-state index in [-0.39, 0.29) is 0 Å². The Bertz CT molecular complexity index is 340. The van der Waals surface area contributed by atoms with E-state index < -0.39 is 0 Å². The van der Waals surface area contributed by atoms with Gasteiger partial charge in [0.1, 0.15) is 5.84 Å². The molecule has 1 radical (unpaired) electrons. The average molecular weight is 188 g/mol. The van der Waals surface area contributed by atoms with E-state index in [0.717, 1.165) is 30.9 Å². The average Bonchev–Trinajstić information content (AvgIpc) is 2.65. The topological polar surface area (TPSA) is 41.6 Å². The van der Waals surface area contributed by atoms with E-state index >= 15 is 0 Å². The maximum Gasteiger partial charge on any atom is 0.145 e. The summed E-state index contributed by atoms with van der Waals surface area (Å²) in [5, 5.41) is 1.69. The van der Waals surface area contributed by atoms with E-state index in [2.05, 4.69) is 24.0 Å². The van der Waals surface area contributed by atoms with Gasteiger partial charge < -0.3 is 0 Å². The predicted octanol–water partition coefficient (Wildman–Crippen LogP) is 0.999. The monoisotopic (exact) mass is 188 g/mol. The number of hydrogen-bond donors (Lipinski definition) is 1. The largest absolute Gasteiger partial charge is 0.293 e. The number of hydrogen-bond acceptors (Lipinski definition) is 3. The smallest absolute Gasteiger partial charge is 0.145 e. The number of nitrogens with zero attached hydrogens (tertiary/aromatic N) is 2. The third-order valence-electron chi connectivity index (χ3n) is 2.38. The lowest BCUT2D eigenvalue weighted by atomic mass is 10.1. The molecule has 2 N–H and O–H groups in total. The molecule has 0 bridgehead atoms. The van der Waals surface area contributed by atoms with Crippen molar-refractivity contribution < 1.29 is 0 Å². The molecule has 0 saturated carbocycles. The van der Waals surface area contributed by atoms with E-state index in [9.17, 15) is 0 Å². The molecular formula is C11H14N3. The Morgan fingerprint density at radius 2 is 2.07 bits per heavy atom. The molecule has 1 aliphatic rings. The molecule has 1 aromatic carbocycles. The molecule has 0 aliphatic carbocycles. The number of benzene rings is 1. The second-order valence-corrected chi connectivity index (χ2v) is 3.35. The van der Waals surface area contributed by atoms with Crippen LogP contribution in [0.4, 0.5) is 0 Å². The van der Waals surface area contributed by atoms with Crippen LogP contribution in [0.2, 0.25) is 0 Å². The second kappa shape index (κ2) is 3.80. The molecular weight excluding hydrogens is 174 g/mol. The van der Waals surface area contributed by atoms with Crippen LogP contribution in [0.15, 0.2) is 29.3 Å². The van der Waals surface area contributed by atoms with Crippen LogP contribution >= 0.6 is 0 Å². The van der Waals surface area contributed by atoms with Crippen molar-refractivity contribution in [3.63, 3.8) is 0 Å². The van der Waals surface area contributed by atoms with Gasteiger partial charge in [0.15, 0.2) is 0 Å². The Hall–Kier alpha value is -1.35. The van der Waals surface area contributed by atoms with Gasteiger partial charge in [-0.15, -0.1) is 0 Å². The standard InChI is InChI=1S/C11H14N3/c1-2-9-3-5-10(6-4-9)11-13-7-8-14(11)12/h3-6H,1-2,7-8,12H2. The number of amidine groups is 1. The van der Waals surface area contributed by atoms with Crippen LogP contribution in [0.3, 0.4) is 0 Å². The van der Waals surface area contributed by atoms with Gasteiger partial charge in [0.2, 0.25) is 0 Å². The Kier molecular flexibility index (Phi) is 2.50. The highest BCUT2D eigenvalue weighted by molar-refractivity contribution is 5.99. The third kappa shape index (κ3) is 1.63. The molecule has 1 aliphatic heterocycles. The molecule has 0 fully saturated rings. The van der Waals surface area contributed by atoms with E-state index in [1.165, 1.54) is 5.56 Å². The normalized spacial score (nSPS) is 15.9. The van der Waals surface area contributed by atoms with Crippen molar-refractivity contribution in [3.05, 3.63) is 42.3 Å². The van der Waals surface area contributed by atoms with E-state index in [1.54, 1.807) is 5.01 Å². The summed E-state index contributed by atoms with van der Waals surface area (Å²) < 4.78 is 0. The van der Waals surface area contributed by atoms with Gasteiger partial charge in [-0.1, -0.05) is 24.3 Å². The fourth-order valence-electron chi connectivity index (χ4n) is 1.54. The third-order valence-corrected chi connectivity index (χ3v) is 2.38. The fourth-order valence-corrected chi connectivity index (χ4v) is 1.54. The minimum Gasteiger partial charge on any atom is -0.293 e. The first-order valence-electron chi connectivity index (χ1n) is 4.76. The maximum atomic E-state index is 5.77. The lowest BCUT2D eigenvalue weighted by Gasteiger charge is -2.13. The summed E-state index contributed by atoms with van der Waals surface area (Å²) >= 11 is 0. The molecule has 0 amide bonds. The van der Waals surface area contributed by atoms with Gasteiger partial charge in [-0.25, -0.2) is 5.84 Å². The lowest BCUT2D eigenvalue weighted by Crippen LogP contribution is -2.34. The molecule has 0 saturated heterocycles. The first-order chi connectivity index (χ1) is 6.81. The quantitative estimate of drug-likeness (QED) is 0.703. The van der Waals surface area contributed by atoms with Gasteiger partial charge in [0.25, 0.3) is 0 Å². The zero-order chi connectivity index (χ0) is 9.97. The Morgan fingerprint density at radius 1 is 1.36 bits per heavy atom. The summed E-state index contributed by atoms with van der Waals surface area (Å²) in [5.74, 6) is 6.66. The van der Waals surface area contributed by atoms with Crippen molar-refractivity contribution in [1.29, 1.82) is 0 Å². The first kappa shape index (κ1) is 9.21. The molecule has 1 heterocycles. The highest BCUT2D eigenvalue weighted by atomic mass is 15.5. The molecule has 14 heavy (non-hydrogen) atoms. The van der Waals surface area contributed by atoms with E-state index in [0.29, 0.717) is 0 Å². The SMILES string of the molecule is [CH2]Cc1ccc(C2=NCCN2N)cc1. The van der Waals surface area contributed by atoms with Crippen molar-refractivity contribution in [2.75, 3.05) is 13.1 Å². The first-order valence-corrected chi connectivity index (χ1v) is 4.76. The summed E-state index contributed by atoms with van der Waals surface area (Å²) in [7, 11) is 0. The van der Waals surface area contributed by atoms with Crippen LogP contribution in [0, 0.1) is 6.92 Å². The van der Waals surface area contributed by atoms with Gasteiger partial charge in [-0.2, -0.15) is 0 Å². The molecule has 73 valence electrons. The number of rotatable bonds is 2. The van der Waals surface area contributed by atoms with Crippen molar-refractivity contribution in [1.82, 2.24) is 5.01 Å². The zero-order valence-electron chi connectivity index (χ0n) is 8.11. The van der Waals surface area contributed by atoms with Gasteiger partial charge in [0, 0.05) is 5.56 Å². The number of nitrogens with two attached hydrogens (primary N) is 1. The molecule has 3 heteroatoms. The van der Waals surface area contributed by atoms with E-state index in [1.807, 2.05) is 12.1 Å². The van der Waals surface area contributed by atoms with Gasteiger partial charge in [-0.05, 0) is 18.9 Å². The summed E-state index contributed by atoms with van der Waals surface area (Å²) in [6, 6.07) is 8.23. The minimum atomic E-state index is 0.795. The summed E-state index contributed by atoms with van der Waals surface area (Å²) in [4.78, 5) is 4.34. The van der Waals surface area contributed by atoms with Gasteiger partial charge in [0.05, 0.1) is 13.1 Å². The summed E-state index contributed by atoms with van der Waals surface area (Å²) in [6.45, 7) is 5.44. The Labute approximate surface area is 84.2 Å². The van der Waals surface area contributed by atoms with Gasteiger partial charge in [-0.3, -0.25) is 10.0 Å². The molecule has 0 spiro atoms. The molecule has 0 atom stereocenters. The van der Waals surface area contributed by atoms with Crippen molar-refractivity contribution in [2.24, 2.45) is 10.8 Å². The molecule has 0 aromatic heterocycles. The van der Waals surface area contributed by atoms with Crippen LogP contribution < -0.4 is 5.84 Å². The molecule has 0 unspecified atom stereocenters. The van der Waals surface area contributed by atoms with Crippen LogP contribution in [0.5, 0.6) is 0 Å². The Balaban J connectivity index is 2.24. The second-order valence-electron chi connectivity index (χ2n) is 3.35. The highest BCUT2D eigenvalue weighted by Crippen LogP contribution is 2.10. The van der Waals surface area contributed by atoms with Gasteiger partial charge >= 0.3 is 0 Å². The molecule has 3 nitrogen and oxygen atoms in total. The molecule has 2 rings (SSSR count). The molecule has 1 aromatic rings. The van der Waals surface area contributed by atoms with Crippen molar-refractivity contribution in [2.45, 2.75) is 6.42 Å². The van der Waals surface area contributed by atoms with Crippen LogP contribution in [0.1, 0.15) is 11.1 Å². The maximum absolute atomic E-state index is 5.77. The number of aliphatic imine (C=N–C) groups is 1. The van der Waals surface area contributed by atoms with Crippen LogP contribution in [-0.4, -0.2) is 23.9 Å². The van der Waals surface area contributed by atoms with Crippen LogP contribution in [-0.2, 0) is 6.42 Å². The zero-order valence-corrected chi connectivity index (χ0v) is 8.11. The van der Waals surface area contributed by atoms with Crippen molar-refractivity contribution >= 4 is 5.84 Å². The fraction of sp³-hybridized carbons (Fsp3) is 0.273. The predicted molar refractivity (Wildman–Crippen MR) is 57.8 cm³/mol.